The van der Waals surface area contributed by atoms with E-state index >= 15 is 0 Å². The third-order valence-corrected chi connectivity index (χ3v) is 3.69. The molecule has 0 saturated heterocycles. The lowest BCUT2D eigenvalue weighted by atomic mass is 10.1. The minimum Gasteiger partial charge on any atom is -0.274 e. The van der Waals surface area contributed by atoms with Crippen LogP contribution in [0.4, 0.5) is 0 Å². The van der Waals surface area contributed by atoms with Gasteiger partial charge in [0.05, 0.1) is 4.90 Å². The third-order valence-electron chi connectivity index (χ3n) is 2.56. The molecule has 0 atom stereocenters. The Morgan fingerprint density at radius 3 is 2.39 bits per heavy atom. The van der Waals surface area contributed by atoms with Crippen LogP contribution in [0.25, 0.3) is 11.1 Å². The molecule has 92 valence electrons. The van der Waals surface area contributed by atoms with E-state index in [4.69, 9.17) is 6.42 Å². The predicted molar refractivity (Wildman–Crippen MR) is 69.7 cm³/mol. The van der Waals surface area contributed by atoms with Crippen LogP contribution >= 0.6 is 0 Å². The molecule has 18 heavy (non-hydrogen) atoms. The van der Waals surface area contributed by atoms with Gasteiger partial charge in [0, 0.05) is 25.1 Å². The lowest BCUT2D eigenvalue weighted by Crippen LogP contribution is -1.96. The molecule has 0 fully saturated rings. The fraction of sp³-hybridized carbons (Fsp3) is 0.154. The van der Waals surface area contributed by atoms with Crippen LogP contribution in [0.3, 0.4) is 0 Å². The predicted octanol–water partition coefficient (Wildman–Crippen LogP) is 1.47. The van der Waals surface area contributed by atoms with Crippen molar-refractivity contribution in [3.8, 4) is 23.5 Å². The van der Waals surface area contributed by atoms with Crippen molar-refractivity contribution in [1.82, 2.24) is 9.78 Å². The lowest BCUT2D eigenvalue weighted by molar-refractivity contribution is 0.602. The van der Waals surface area contributed by atoms with E-state index in [1.165, 1.54) is 6.26 Å². The summed E-state index contributed by atoms with van der Waals surface area (Å²) < 4.78 is 24.4. The first-order valence-electron chi connectivity index (χ1n) is 5.22. The fourth-order valence-electron chi connectivity index (χ4n) is 1.69. The highest BCUT2D eigenvalue weighted by Crippen LogP contribution is 2.23. The summed E-state index contributed by atoms with van der Waals surface area (Å²) in [6.45, 7) is 0. The van der Waals surface area contributed by atoms with Gasteiger partial charge >= 0.3 is 0 Å². The Morgan fingerprint density at radius 1 is 1.28 bits per heavy atom. The quantitative estimate of drug-likeness (QED) is 0.768. The van der Waals surface area contributed by atoms with Gasteiger partial charge in [-0.25, -0.2) is 8.42 Å². The molecule has 0 radical (unpaired) electrons. The van der Waals surface area contributed by atoms with E-state index in [0.717, 1.165) is 11.1 Å². The number of nitrogens with zero attached hydrogens (tertiary/aromatic N) is 2. The van der Waals surface area contributed by atoms with Crippen LogP contribution in [0.2, 0.25) is 0 Å². The summed E-state index contributed by atoms with van der Waals surface area (Å²) in [6, 6.07) is 6.60. The van der Waals surface area contributed by atoms with Crippen LogP contribution in [-0.4, -0.2) is 24.5 Å². The van der Waals surface area contributed by atoms with Gasteiger partial charge in [-0.2, -0.15) is 5.10 Å². The molecule has 2 aromatic rings. The van der Waals surface area contributed by atoms with Crippen LogP contribution < -0.4 is 0 Å². The maximum Gasteiger partial charge on any atom is 0.175 e. The topological polar surface area (TPSA) is 52.0 Å². The molecule has 0 bridgehead atoms. The standard InChI is InChI=1S/C13H12N2O2S/c1-4-13-12(9-15(2)14-13)10-5-7-11(8-6-10)18(3,16)17/h1,5-9H,2-3H3. The SMILES string of the molecule is C#Cc1nn(C)cc1-c1ccc(S(C)(=O)=O)cc1. The zero-order chi connectivity index (χ0) is 13.3. The van der Waals surface area contributed by atoms with Crippen molar-refractivity contribution >= 4 is 9.84 Å². The summed E-state index contributed by atoms with van der Waals surface area (Å²) in [7, 11) is -1.39. The largest absolute Gasteiger partial charge is 0.274 e. The van der Waals surface area contributed by atoms with Crippen LogP contribution in [0, 0.1) is 12.3 Å². The number of hydrogen-bond donors (Lipinski definition) is 0. The van der Waals surface area contributed by atoms with Gasteiger partial charge < -0.3 is 0 Å². The Hall–Kier alpha value is -2.06. The number of benzene rings is 1. The van der Waals surface area contributed by atoms with Gasteiger partial charge in [0.1, 0.15) is 5.69 Å². The highest BCUT2D eigenvalue weighted by atomic mass is 32.2. The van der Waals surface area contributed by atoms with Crippen LogP contribution in [0.1, 0.15) is 5.69 Å². The smallest absolute Gasteiger partial charge is 0.175 e. The second-order valence-corrected chi connectivity index (χ2v) is 6.02. The third kappa shape index (κ3) is 2.29. The number of terminal acetylenes is 1. The van der Waals surface area contributed by atoms with Crippen molar-refractivity contribution in [3.05, 3.63) is 36.2 Å². The van der Waals surface area contributed by atoms with Crippen molar-refractivity contribution in [2.45, 2.75) is 4.90 Å². The Kier molecular flexibility index (Phi) is 2.97. The molecular formula is C13H12N2O2S. The molecule has 0 amide bonds. The van der Waals surface area contributed by atoms with E-state index in [2.05, 4.69) is 11.0 Å². The Morgan fingerprint density at radius 2 is 1.89 bits per heavy atom. The molecular weight excluding hydrogens is 248 g/mol. The second-order valence-electron chi connectivity index (χ2n) is 4.01. The Bertz CT molecular complexity index is 719. The van der Waals surface area contributed by atoms with Crippen molar-refractivity contribution in [3.63, 3.8) is 0 Å². The van der Waals surface area contributed by atoms with E-state index < -0.39 is 9.84 Å². The highest BCUT2D eigenvalue weighted by Gasteiger charge is 2.10. The molecule has 0 aliphatic heterocycles. The van der Waals surface area contributed by atoms with Gasteiger partial charge in [0.25, 0.3) is 0 Å². The number of aromatic nitrogens is 2. The maximum absolute atomic E-state index is 11.4. The summed E-state index contributed by atoms with van der Waals surface area (Å²) in [6.07, 6.45) is 8.37. The number of hydrogen-bond acceptors (Lipinski definition) is 3. The molecule has 0 saturated carbocycles. The van der Waals surface area contributed by atoms with Gasteiger partial charge in [-0.15, -0.1) is 6.42 Å². The summed E-state index contributed by atoms with van der Waals surface area (Å²) >= 11 is 0. The van der Waals surface area contributed by atoms with Crippen LogP contribution in [-0.2, 0) is 16.9 Å². The average molecular weight is 260 g/mol. The van der Waals surface area contributed by atoms with Gasteiger partial charge in [0.2, 0.25) is 0 Å². The first-order valence-corrected chi connectivity index (χ1v) is 7.11. The van der Waals surface area contributed by atoms with Gasteiger partial charge in [-0.05, 0) is 23.6 Å². The molecule has 1 aromatic heterocycles. The molecule has 4 nitrogen and oxygen atoms in total. The average Bonchev–Trinajstić information content (AvgIpc) is 2.69. The van der Waals surface area contributed by atoms with E-state index in [-0.39, 0.29) is 4.90 Å². The summed E-state index contributed by atoms with van der Waals surface area (Å²) in [5.41, 5.74) is 2.22. The molecule has 0 spiro atoms. The van der Waals surface area contributed by atoms with E-state index in [1.54, 1.807) is 36.0 Å². The second kappa shape index (κ2) is 4.31. The van der Waals surface area contributed by atoms with Crippen LogP contribution in [0.15, 0.2) is 35.4 Å². The summed E-state index contributed by atoms with van der Waals surface area (Å²) in [4.78, 5) is 0.289. The maximum atomic E-state index is 11.4. The Balaban J connectivity index is 2.50. The summed E-state index contributed by atoms with van der Waals surface area (Å²) in [5.74, 6) is 2.51. The van der Waals surface area contributed by atoms with E-state index in [9.17, 15) is 8.42 Å². The van der Waals surface area contributed by atoms with Gasteiger partial charge in [0.15, 0.2) is 9.84 Å². The van der Waals surface area contributed by atoms with Crippen molar-refractivity contribution < 1.29 is 8.42 Å². The Labute approximate surface area is 106 Å². The molecule has 0 aliphatic rings. The van der Waals surface area contributed by atoms with Gasteiger partial charge in [-0.1, -0.05) is 12.1 Å². The van der Waals surface area contributed by atoms with Crippen molar-refractivity contribution in [1.29, 1.82) is 0 Å². The molecule has 1 aromatic carbocycles. The van der Waals surface area contributed by atoms with Crippen molar-refractivity contribution in [2.75, 3.05) is 6.26 Å². The molecule has 2 rings (SSSR count). The minimum absolute atomic E-state index is 0.289. The number of sulfone groups is 1. The molecule has 1 heterocycles. The molecule has 0 aliphatic carbocycles. The molecule has 5 heteroatoms. The first kappa shape index (κ1) is 12.4. The number of aryl methyl sites for hydroxylation is 1. The number of rotatable bonds is 2. The lowest BCUT2D eigenvalue weighted by Gasteiger charge is -2.01. The van der Waals surface area contributed by atoms with Crippen molar-refractivity contribution in [2.24, 2.45) is 7.05 Å². The molecule has 0 N–H and O–H groups in total. The highest BCUT2D eigenvalue weighted by molar-refractivity contribution is 7.90. The first-order chi connectivity index (χ1) is 8.41. The monoisotopic (exact) mass is 260 g/mol. The zero-order valence-electron chi connectivity index (χ0n) is 10.1. The van der Waals surface area contributed by atoms with Gasteiger partial charge in [-0.3, -0.25) is 4.68 Å². The molecule has 0 unspecified atom stereocenters. The summed E-state index contributed by atoms with van der Waals surface area (Å²) in [5, 5.41) is 4.14. The van der Waals surface area contributed by atoms with Crippen LogP contribution in [0.5, 0.6) is 0 Å². The zero-order valence-corrected chi connectivity index (χ0v) is 10.9. The van der Waals surface area contributed by atoms with E-state index in [0.29, 0.717) is 5.69 Å². The normalized spacial score (nSPS) is 11.2. The minimum atomic E-state index is -3.17. The fourth-order valence-corrected chi connectivity index (χ4v) is 2.32. The van der Waals surface area contributed by atoms with E-state index in [1.807, 2.05) is 6.20 Å².